The van der Waals surface area contributed by atoms with E-state index in [0.29, 0.717) is 0 Å². The molecule has 1 aliphatic carbocycles. The second kappa shape index (κ2) is 5.13. The number of carbonyl (C=O) groups excluding carboxylic acids is 1. The van der Waals surface area contributed by atoms with Crippen LogP contribution in [0, 0.1) is 5.92 Å². The van der Waals surface area contributed by atoms with Crippen LogP contribution in [-0.4, -0.2) is 13.1 Å². The average molecular weight is 159 g/mol. The zero-order chi connectivity index (χ0) is 7.40. The Balaban J connectivity index is 0.000001000. The van der Waals surface area contributed by atoms with Crippen molar-refractivity contribution in [2.45, 2.75) is 32.1 Å². The molecular weight excluding hydrogens is 142 g/mol. The Morgan fingerprint density at radius 3 is 2.27 bits per heavy atom. The number of hydrogen-bond acceptors (Lipinski definition) is 3. The van der Waals surface area contributed by atoms with Gasteiger partial charge in [-0.3, -0.25) is 4.79 Å². The molecule has 3 nitrogen and oxygen atoms in total. The van der Waals surface area contributed by atoms with Gasteiger partial charge in [0.05, 0.1) is 13.0 Å². The lowest BCUT2D eigenvalue weighted by Crippen LogP contribution is -2.18. The van der Waals surface area contributed by atoms with Crippen LogP contribution >= 0.6 is 0 Å². The van der Waals surface area contributed by atoms with Gasteiger partial charge in [0, 0.05) is 0 Å². The summed E-state index contributed by atoms with van der Waals surface area (Å²) >= 11 is 0. The number of carbonyl (C=O) groups is 1. The van der Waals surface area contributed by atoms with Gasteiger partial charge in [-0.05, 0) is 12.8 Å². The molecule has 1 rings (SSSR count). The third-order valence-electron chi connectivity index (χ3n) is 2.14. The van der Waals surface area contributed by atoms with Crippen molar-refractivity contribution in [1.29, 1.82) is 0 Å². The SMILES string of the molecule is COC(=O)C1CCCCC1.N. The Hall–Kier alpha value is -0.570. The molecule has 0 spiro atoms. The van der Waals surface area contributed by atoms with Crippen LogP contribution in [0.15, 0.2) is 0 Å². The molecule has 0 unspecified atom stereocenters. The summed E-state index contributed by atoms with van der Waals surface area (Å²) < 4.78 is 4.65. The van der Waals surface area contributed by atoms with Crippen LogP contribution in [0.3, 0.4) is 0 Å². The topological polar surface area (TPSA) is 61.3 Å². The number of hydrogen-bond donors (Lipinski definition) is 1. The number of esters is 1. The van der Waals surface area contributed by atoms with Gasteiger partial charge in [0.15, 0.2) is 0 Å². The summed E-state index contributed by atoms with van der Waals surface area (Å²) in [5.74, 6) is 0.193. The van der Waals surface area contributed by atoms with E-state index in [9.17, 15) is 4.79 Å². The second-order valence-corrected chi connectivity index (χ2v) is 2.86. The summed E-state index contributed by atoms with van der Waals surface area (Å²) in [5, 5.41) is 0. The van der Waals surface area contributed by atoms with Gasteiger partial charge in [0.1, 0.15) is 0 Å². The van der Waals surface area contributed by atoms with Crippen molar-refractivity contribution in [3.05, 3.63) is 0 Å². The maximum absolute atomic E-state index is 10.9. The van der Waals surface area contributed by atoms with E-state index in [0.717, 1.165) is 12.8 Å². The lowest BCUT2D eigenvalue weighted by atomic mass is 9.89. The largest absolute Gasteiger partial charge is 0.469 e. The fourth-order valence-corrected chi connectivity index (χ4v) is 1.50. The van der Waals surface area contributed by atoms with Gasteiger partial charge in [0.25, 0.3) is 0 Å². The van der Waals surface area contributed by atoms with Gasteiger partial charge in [-0.2, -0.15) is 0 Å². The van der Waals surface area contributed by atoms with Gasteiger partial charge in [-0.15, -0.1) is 0 Å². The van der Waals surface area contributed by atoms with Crippen LogP contribution in [0.5, 0.6) is 0 Å². The molecule has 0 aromatic carbocycles. The number of ether oxygens (including phenoxy) is 1. The van der Waals surface area contributed by atoms with Crippen molar-refractivity contribution in [3.8, 4) is 0 Å². The Labute approximate surface area is 67.7 Å². The first-order chi connectivity index (χ1) is 4.84. The van der Waals surface area contributed by atoms with Crippen molar-refractivity contribution >= 4 is 5.97 Å². The molecule has 11 heavy (non-hydrogen) atoms. The van der Waals surface area contributed by atoms with E-state index >= 15 is 0 Å². The van der Waals surface area contributed by atoms with Crippen molar-refractivity contribution in [2.75, 3.05) is 7.11 Å². The van der Waals surface area contributed by atoms with Crippen molar-refractivity contribution in [2.24, 2.45) is 5.92 Å². The van der Waals surface area contributed by atoms with Crippen LogP contribution in [0.4, 0.5) is 0 Å². The van der Waals surface area contributed by atoms with Crippen molar-refractivity contribution in [1.82, 2.24) is 6.15 Å². The van der Waals surface area contributed by atoms with E-state index in [-0.39, 0.29) is 18.0 Å². The van der Waals surface area contributed by atoms with Crippen LogP contribution in [0.25, 0.3) is 0 Å². The van der Waals surface area contributed by atoms with Crippen LogP contribution in [0.2, 0.25) is 0 Å². The Bertz CT molecular complexity index is 119. The zero-order valence-corrected chi connectivity index (χ0v) is 7.14. The first-order valence-electron chi connectivity index (χ1n) is 3.92. The molecule has 0 aromatic rings. The maximum Gasteiger partial charge on any atom is 0.308 e. The molecule has 0 amide bonds. The first-order valence-corrected chi connectivity index (χ1v) is 3.92. The highest BCUT2D eigenvalue weighted by Crippen LogP contribution is 2.24. The first kappa shape index (κ1) is 10.4. The Morgan fingerprint density at radius 1 is 1.27 bits per heavy atom. The van der Waals surface area contributed by atoms with Gasteiger partial charge in [-0.1, -0.05) is 19.3 Å². The highest BCUT2D eigenvalue weighted by atomic mass is 16.5. The van der Waals surface area contributed by atoms with E-state index in [4.69, 9.17) is 0 Å². The van der Waals surface area contributed by atoms with E-state index < -0.39 is 0 Å². The van der Waals surface area contributed by atoms with Gasteiger partial charge < -0.3 is 10.9 Å². The van der Waals surface area contributed by atoms with Gasteiger partial charge in [-0.25, -0.2) is 0 Å². The fraction of sp³-hybridized carbons (Fsp3) is 0.875. The molecule has 66 valence electrons. The lowest BCUT2D eigenvalue weighted by molar-refractivity contribution is -0.146. The number of methoxy groups -OCH3 is 1. The third kappa shape index (κ3) is 2.89. The summed E-state index contributed by atoms with van der Waals surface area (Å²) in [7, 11) is 1.47. The average Bonchev–Trinajstić information content (AvgIpc) is 2.05. The Kier molecular flexibility index (Phi) is 4.86. The normalized spacial score (nSPS) is 18.6. The highest BCUT2D eigenvalue weighted by molar-refractivity contribution is 5.72. The van der Waals surface area contributed by atoms with Crippen LogP contribution < -0.4 is 6.15 Å². The summed E-state index contributed by atoms with van der Waals surface area (Å²) in [6.45, 7) is 0. The monoisotopic (exact) mass is 159 g/mol. The number of rotatable bonds is 1. The fourth-order valence-electron chi connectivity index (χ4n) is 1.50. The molecule has 0 aliphatic heterocycles. The van der Waals surface area contributed by atoms with E-state index in [1.807, 2.05) is 0 Å². The van der Waals surface area contributed by atoms with E-state index in [2.05, 4.69) is 4.74 Å². The molecule has 1 saturated carbocycles. The minimum atomic E-state index is -0.0142. The predicted molar refractivity (Wildman–Crippen MR) is 43.6 cm³/mol. The van der Waals surface area contributed by atoms with E-state index in [1.54, 1.807) is 0 Å². The summed E-state index contributed by atoms with van der Waals surface area (Å²) in [6.07, 6.45) is 5.74. The molecule has 1 fully saturated rings. The quantitative estimate of drug-likeness (QED) is 0.594. The zero-order valence-electron chi connectivity index (χ0n) is 7.14. The molecule has 0 bridgehead atoms. The van der Waals surface area contributed by atoms with Crippen molar-refractivity contribution < 1.29 is 9.53 Å². The summed E-state index contributed by atoms with van der Waals surface area (Å²) in [5.41, 5.74) is 0. The lowest BCUT2D eigenvalue weighted by Gasteiger charge is -2.18. The molecule has 0 saturated heterocycles. The van der Waals surface area contributed by atoms with Crippen molar-refractivity contribution in [3.63, 3.8) is 0 Å². The van der Waals surface area contributed by atoms with E-state index in [1.165, 1.54) is 26.4 Å². The molecule has 0 aromatic heterocycles. The third-order valence-corrected chi connectivity index (χ3v) is 2.14. The molecular formula is C8H17NO2. The van der Waals surface area contributed by atoms with Crippen LogP contribution in [0.1, 0.15) is 32.1 Å². The predicted octanol–water partition coefficient (Wildman–Crippen LogP) is 1.90. The van der Waals surface area contributed by atoms with Gasteiger partial charge in [0.2, 0.25) is 0 Å². The summed E-state index contributed by atoms with van der Waals surface area (Å²) in [6, 6.07) is 0. The molecule has 0 heterocycles. The standard InChI is InChI=1S/C8H14O2.H3N/c1-10-8(9)7-5-3-2-4-6-7;/h7H,2-6H2,1H3;1H3. The van der Waals surface area contributed by atoms with Gasteiger partial charge >= 0.3 is 5.97 Å². The minimum absolute atomic E-state index is 0. The molecule has 0 radical (unpaired) electrons. The summed E-state index contributed by atoms with van der Waals surface area (Å²) in [4.78, 5) is 10.9. The molecule has 3 heteroatoms. The molecule has 3 N–H and O–H groups in total. The maximum atomic E-state index is 10.9. The Morgan fingerprint density at radius 2 is 1.82 bits per heavy atom. The molecule has 1 aliphatic rings. The highest BCUT2D eigenvalue weighted by Gasteiger charge is 2.20. The minimum Gasteiger partial charge on any atom is -0.469 e. The smallest absolute Gasteiger partial charge is 0.308 e. The molecule has 0 atom stereocenters. The second-order valence-electron chi connectivity index (χ2n) is 2.86. The van der Waals surface area contributed by atoms with Crippen LogP contribution in [-0.2, 0) is 9.53 Å².